The molecule has 224 valence electrons. The highest BCUT2D eigenvalue weighted by atomic mass is 15.0. The molecule has 3 nitrogen and oxygen atoms in total. The number of rotatable bonds is 4. The molecule has 0 amide bonds. The summed E-state index contributed by atoms with van der Waals surface area (Å²) in [5.41, 5.74) is 11.3. The molecule has 0 aliphatic rings. The first-order valence-corrected chi connectivity index (χ1v) is 16.4. The molecule has 3 heteroatoms. The normalized spacial score (nSPS) is 11.8. The van der Waals surface area contributed by atoms with E-state index < -0.39 is 0 Å². The van der Waals surface area contributed by atoms with E-state index in [1.54, 1.807) is 0 Å². The number of nitrogens with zero attached hydrogens (tertiary/aromatic N) is 3. The van der Waals surface area contributed by atoms with Crippen LogP contribution < -0.4 is 0 Å². The molecule has 0 radical (unpaired) electrons. The number of aromatic nitrogens is 3. The van der Waals surface area contributed by atoms with Crippen molar-refractivity contribution in [2.24, 2.45) is 0 Å². The van der Waals surface area contributed by atoms with Gasteiger partial charge in [0, 0.05) is 38.4 Å². The number of hydrogen-bond donors (Lipinski definition) is 0. The average Bonchev–Trinajstić information content (AvgIpc) is 3.72. The van der Waals surface area contributed by atoms with Gasteiger partial charge >= 0.3 is 0 Å². The molecule has 7 aromatic carbocycles. The van der Waals surface area contributed by atoms with Gasteiger partial charge in [-0.3, -0.25) is 4.40 Å². The molecule has 0 fully saturated rings. The van der Waals surface area contributed by atoms with E-state index in [4.69, 9.17) is 4.98 Å². The number of fused-ring (bicyclic) bond motifs is 9. The van der Waals surface area contributed by atoms with E-state index in [1.165, 1.54) is 49.1 Å². The highest BCUT2D eigenvalue weighted by Gasteiger charge is 2.23. The van der Waals surface area contributed by atoms with E-state index in [-0.39, 0.29) is 0 Å². The number of para-hydroxylation sites is 2. The van der Waals surface area contributed by atoms with E-state index in [0.717, 1.165) is 39.4 Å². The zero-order chi connectivity index (χ0) is 31.6. The Labute approximate surface area is 277 Å². The summed E-state index contributed by atoms with van der Waals surface area (Å²) >= 11 is 0. The van der Waals surface area contributed by atoms with Crippen LogP contribution in [0.1, 0.15) is 0 Å². The molecule has 0 spiro atoms. The summed E-state index contributed by atoms with van der Waals surface area (Å²) in [5, 5.41) is 6.03. The summed E-state index contributed by atoms with van der Waals surface area (Å²) in [6, 6.07) is 63.0. The van der Waals surface area contributed by atoms with Crippen molar-refractivity contribution in [3.63, 3.8) is 0 Å². The van der Waals surface area contributed by atoms with E-state index in [0.29, 0.717) is 0 Å². The zero-order valence-electron chi connectivity index (χ0n) is 26.1. The van der Waals surface area contributed by atoms with E-state index in [1.807, 2.05) is 0 Å². The minimum atomic E-state index is 0.938. The Morgan fingerprint density at radius 3 is 1.67 bits per heavy atom. The molecule has 0 bridgehead atoms. The Kier molecular flexibility index (Phi) is 5.87. The van der Waals surface area contributed by atoms with Gasteiger partial charge in [0.1, 0.15) is 5.82 Å². The molecule has 0 aliphatic carbocycles. The molecule has 3 heterocycles. The first-order chi connectivity index (χ1) is 23.8. The van der Waals surface area contributed by atoms with Crippen molar-refractivity contribution in [2.75, 3.05) is 0 Å². The molecular formula is C45H29N3. The summed E-state index contributed by atoms with van der Waals surface area (Å²) in [4.78, 5) is 5.49. The predicted molar refractivity (Wildman–Crippen MR) is 201 cm³/mol. The molecule has 0 atom stereocenters. The van der Waals surface area contributed by atoms with Gasteiger partial charge in [0.05, 0.1) is 27.8 Å². The fourth-order valence-electron chi connectivity index (χ4n) is 7.53. The van der Waals surface area contributed by atoms with Gasteiger partial charge < -0.3 is 4.57 Å². The molecule has 0 saturated heterocycles. The standard InChI is InChI=1S/C45H29N3/c1-5-15-30(16-6-1)33-25-26-35-37-28-41-38(36-23-13-14-24-40(36)47(41)34-21-11-4-12-22-34)29-42(37)48-44(39(35)27-33)43(31-17-7-2-8-18-31)46-45(48)32-19-9-3-10-20-32/h1-29H. The van der Waals surface area contributed by atoms with Crippen molar-refractivity contribution >= 4 is 49.0 Å². The molecule has 48 heavy (non-hydrogen) atoms. The van der Waals surface area contributed by atoms with Crippen LogP contribution >= 0.6 is 0 Å². The fourth-order valence-corrected chi connectivity index (χ4v) is 7.53. The Morgan fingerprint density at radius 2 is 0.938 bits per heavy atom. The molecule has 0 unspecified atom stereocenters. The molecular weight excluding hydrogens is 583 g/mol. The number of pyridine rings is 1. The first kappa shape index (κ1) is 26.7. The second-order valence-electron chi connectivity index (χ2n) is 12.4. The fraction of sp³-hybridized carbons (Fsp3) is 0. The van der Waals surface area contributed by atoms with Crippen molar-refractivity contribution in [1.82, 2.24) is 14.0 Å². The molecule has 3 aromatic heterocycles. The summed E-state index contributed by atoms with van der Waals surface area (Å²) in [7, 11) is 0. The second-order valence-corrected chi connectivity index (χ2v) is 12.4. The lowest BCUT2D eigenvalue weighted by Crippen LogP contribution is -1.96. The van der Waals surface area contributed by atoms with Crippen molar-refractivity contribution < 1.29 is 0 Å². The topological polar surface area (TPSA) is 22.2 Å². The van der Waals surface area contributed by atoms with Crippen LogP contribution in [0.5, 0.6) is 0 Å². The van der Waals surface area contributed by atoms with Gasteiger partial charge in [-0.2, -0.15) is 0 Å². The van der Waals surface area contributed by atoms with Crippen LogP contribution in [0.4, 0.5) is 0 Å². The van der Waals surface area contributed by atoms with Crippen LogP contribution in [0.15, 0.2) is 176 Å². The Hall–Kier alpha value is -6.45. The Morgan fingerprint density at radius 1 is 0.354 bits per heavy atom. The largest absolute Gasteiger partial charge is 0.309 e. The molecule has 10 aromatic rings. The van der Waals surface area contributed by atoms with Crippen molar-refractivity contribution in [1.29, 1.82) is 0 Å². The quantitative estimate of drug-likeness (QED) is 0.182. The number of imidazole rings is 1. The highest BCUT2D eigenvalue weighted by Crippen LogP contribution is 2.43. The SMILES string of the molecule is c1ccc(-c2ccc3c4cc5c(cc4n4c(-c6ccccc6)nc(-c6ccccc6)c4c3c2)c2ccccc2n5-c2ccccc2)cc1. The van der Waals surface area contributed by atoms with Crippen LogP contribution in [0, 0.1) is 0 Å². The maximum atomic E-state index is 5.49. The van der Waals surface area contributed by atoms with Gasteiger partial charge in [-0.1, -0.05) is 140 Å². The minimum absolute atomic E-state index is 0.938. The summed E-state index contributed by atoms with van der Waals surface area (Å²) in [6.07, 6.45) is 0. The summed E-state index contributed by atoms with van der Waals surface area (Å²) < 4.78 is 4.82. The summed E-state index contributed by atoms with van der Waals surface area (Å²) in [6.45, 7) is 0. The van der Waals surface area contributed by atoms with E-state index >= 15 is 0 Å². The number of benzene rings is 7. The van der Waals surface area contributed by atoms with Crippen molar-refractivity contribution in [2.45, 2.75) is 0 Å². The monoisotopic (exact) mass is 611 g/mol. The molecule has 0 saturated carbocycles. The molecule has 0 aliphatic heterocycles. The average molecular weight is 612 g/mol. The maximum absolute atomic E-state index is 5.49. The van der Waals surface area contributed by atoms with E-state index in [9.17, 15) is 0 Å². The summed E-state index contributed by atoms with van der Waals surface area (Å²) in [5.74, 6) is 0.938. The predicted octanol–water partition coefficient (Wildman–Crippen LogP) is 11.7. The lowest BCUT2D eigenvalue weighted by molar-refractivity contribution is 1.18. The Bertz CT molecular complexity index is 2800. The maximum Gasteiger partial charge on any atom is 0.145 e. The highest BCUT2D eigenvalue weighted by molar-refractivity contribution is 6.22. The number of hydrogen-bond acceptors (Lipinski definition) is 1. The third kappa shape index (κ3) is 3.98. The smallest absolute Gasteiger partial charge is 0.145 e. The molecule has 0 N–H and O–H groups in total. The van der Waals surface area contributed by atoms with Gasteiger partial charge in [-0.05, 0) is 52.9 Å². The van der Waals surface area contributed by atoms with E-state index in [2.05, 4.69) is 185 Å². The van der Waals surface area contributed by atoms with Crippen LogP contribution in [0.25, 0.3) is 88.5 Å². The van der Waals surface area contributed by atoms with Crippen molar-refractivity contribution in [3.05, 3.63) is 176 Å². The van der Waals surface area contributed by atoms with Crippen LogP contribution in [-0.4, -0.2) is 14.0 Å². The van der Waals surface area contributed by atoms with Gasteiger partial charge in [-0.15, -0.1) is 0 Å². The van der Waals surface area contributed by atoms with Gasteiger partial charge in [0.25, 0.3) is 0 Å². The lowest BCUT2D eigenvalue weighted by atomic mass is 9.96. The molecule has 10 rings (SSSR count). The lowest BCUT2D eigenvalue weighted by Gasteiger charge is -2.15. The van der Waals surface area contributed by atoms with Crippen LogP contribution in [0.3, 0.4) is 0 Å². The second kappa shape index (κ2) is 10.5. The Balaban J connectivity index is 1.44. The van der Waals surface area contributed by atoms with Crippen LogP contribution in [0.2, 0.25) is 0 Å². The van der Waals surface area contributed by atoms with Crippen LogP contribution in [-0.2, 0) is 0 Å². The minimum Gasteiger partial charge on any atom is -0.309 e. The van der Waals surface area contributed by atoms with Crippen molar-refractivity contribution in [3.8, 4) is 39.5 Å². The van der Waals surface area contributed by atoms with Gasteiger partial charge in [0.2, 0.25) is 0 Å². The third-order valence-electron chi connectivity index (χ3n) is 9.67. The van der Waals surface area contributed by atoms with Gasteiger partial charge in [-0.25, -0.2) is 4.98 Å². The van der Waals surface area contributed by atoms with Gasteiger partial charge in [0.15, 0.2) is 0 Å². The third-order valence-corrected chi connectivity index (χ3v) is 9.67. The first-order valence-electron chi connectivity index (χ1n) is 16.4. The zero-order valence-corrected chi connectivity index (χ0v) is 26.1.